The van der Waals surface area contributed by atoms with E-state index >= 15 is 0 Å². The van der Waals surface area contributed by atoms with Crippen molar-refractivity contribution < 1.29 is 4.79 Å². The van der Waals surface area contributed by atoms with Crippen molar-refractivity contribution in [3.05, 3.63) is 112 Å². The second-order valence-corrected chi connectivity index (χ2v) is 11.3. The molecule has 0 unspecified atom stereocenters. The van der Waals surface area contributed by atoms with E-state index < -0.39 is 0 Å². The average molecular weight is 552 g/mol. The molecule has 1 amide bonds. The van der Waals surface area contributed by atoms with Crippen LogP contribution in [0.25, 0.3) is 5.69 Å². The van der Waals surface area contributed by atoms with E-state index in [0.29, 0.717) is 18.1 Å². The smallest absolute Gasteiger partial charge is 0.226 e. The number of amides is 1. The van der Waals surface area contributed by atoms with Crippen LogP contribution in [-0.2, 0) is 4.79 Å². The molecular formula is C33H37N5OS. The maximum Gasteiger partial charge on any atom is 0.226 e. The molecule has 4 aromatic rings. The largest absolute Gasteiger partial charge is 0.352 e. The van der Waals surface area contributed by atoms with E-state index in [0.717, 1.165) is 22.6 Å². The van der Waals surface area contributed by atoms with Crippen LogP contribution in [0.3, 0.4) is 0 Å². The lowest BCUT2D eigenvalue weighted by Crippen LogP contribution is -2.32. The first-order valence-electron chi connectivity index (χ1n) is 13.8. The van der Waals surface area contributed by atoms with Crippen molar-refractivity contribution in [2.45, 2.75) is 60.0 Å². The summed E-state index contributed by atoms with van der Waals surface area (Å²) in [7, 11) is 0. The molecule has 1 fully saturated rings. The van der Waals surface area contributed by atoms with Gasteiger partial charge in [-0.1, -0.05) is 35.9 Å². The molecule has 0 bridgehead atoms. The van der Waals surface area contributed by atoms with Crippen LogP contribution >= 0.6 is 12.2 Å². The number of hydrogen-bond acceptors (Lipinski definition) is 3. The molecule has 1 aliphatic heterocycles. The highest BCUT2D eigenvalue weighted by Crippen LogP contribution is 2.42. The number of rotatable bonds is 7. The number of carbonyl (C=O) groups excluding carboxylic acids is 1. The van der Waals surface area contributed by atoms with Crippen molar-refractivity contribution in [1.29, 1.82) is 0 Å². The number of thiocarbonyl (C=S) groups is 1. The lowest BCUT2D eigenvalue weighted by Gasteiger charge is -2.28. The zero-order valence-electron chi connectivity index (χ0n) is 24.1. The summed E-state index contributed by atoms with van der Waals surface area (Å²) >= 11 is 5.87. The van der Waals surface area contributed by atoms with Crippen LogP contribution in [0.2, 0.25) is 0 Å². The number of anilines is 1. The van der Waals surface area contributed by atoms with Gasteiger partial charge in [-0.25, -0.2) is 0 Å². The fourth-order valence-electron chi connectivity index (χ4n) is 6.11. The quantitative estimate of drug-likeness (QED) is 0.250. The summed E-state index contributed by atoms with van der Waals surface area (Å²) < 4.78 is 2.36. The number of aryl methyl sites for hydroxylation is 5. The van der Waals surface area contributed by atoms with Crippen LogP contribution in [0.1, 0.15) is 63.4 Å². The molecule has 206 valence electrons. The van der Waals surface area contributed by atoms with Gasteiger partial charge in [-0.2, -0.15) is 0 Å². The van der Waals surface area contributed by atoms with E-state index in [1.807, 2.05) is 55.6 Å². The number of hydrogen-bond donors (Lipinski definition) is 2. The molecule has 1 saturated heterocycles. The van der Waals surface area contributed by atoms with Gasteiger partial charge in [0.1, 0.15) is 0 Å². The summed E-state index contributed by atoms with van der Waals surface area (Å²) in [5, 5.41) is 7.20. The Labute approximate surface area is 242 Å². The minimum atomic E-state index is -0.136. The lowest BCUT2D eigenvalue weighted by molar-refractivity contribution is -0.116. The summed E-state index contributed by atoms with van der Waals surface area (Å²) in [5.74, 6) is -0.0372. The normalized spacial score (nSPS) is 16.8. The van der Waals surface area contributed by atoms with Crippen molar-refractivity contribution in [3.63, 3.8) is 0 Å². The zero-order chi connectivity index (χ0) is 28.6. The third kappa shape index (κ3) is 5.39. The maximum absolute atomic E-state index is 13.0. The molecule has 2 aromatic carbocycles. The molecule has 6 nitrogen and oxygen atoms in total. The Morgan fingerprint density at radius 1 is 0.950 bits per heavy atom. The topological polar surface area (TPSA) is 62.2 Å². The van der Waals surface area contributed by atoms with Crippen molar-refractivity contribution in [2.75, 3.05) is 11.9 Å². The highest BCUT2D eigenvalue weighted by atomic mass is 32.1. The number of nitrogens with one attached hydrogen (secondary N) is 2. The van der Waals surface area contributed by atoms with Gasteiger partial charge < -0.3 is 20.1 Å². The monoisotopic (exact) mass is 551 g/mol. The van der Waals surface area contributed by atoms with Crippen LogP contribution < -0.4 is 10.6 Å². The molecule has 2 aromatic heterocycles. The molecule has 0 aliphatic carbocycles. The molecule has 3 heterocycles. The summed E-state index contributed by atoms with van der Waals surface area (Å²) in [4.78, 5) is 19.8. The van der Waals surface area contributed by atoms with Crippen LogP contribution in [0, 0.1) is 41.5 Å². The summed E-state index contributed by atoms with van der Waals surface area (Å²) in [5.41, 5.74) is 11.3. The van der Waals surface area contributed by atoms with E-state index in [-0.39, 0.29) is 18.0 Å². The molecule has 40 heavy (non-hydrogen) atoms. The highest BCUT2D eigenvalue weighted by molar-refractivity contribution is 7.80. The fraction of sp³-hybridized carbons (Fsp3) is 0.303. The Kier molecular flexibility index (Phi) is 7.76. The predicted octanol–water partition coefficient (Wildman–Crippen LogP) is 6.72. The van der Waals surface area contributed by atoms with E-state index in [4.69, 9.17) is 12.2 Å². The third-order valence-corrected chi connectivity index (χ3v) is 8.08. The Morgan fingerprint density at radius 2 is 1.70 bits per heavy atom. The second-order valence-electron chi connectivity index (χ2n) is 10.9. The van der Waals surface area contributed by atoms with Gasteiger partial charge in [-0.3, -0.25) is 9.78 Å². The number of nitrogens with zero attached hydrogens (tertiary/aromatic N) is 3. The number of aromatic nitrogens is 2. The zero-order valence-corrected chi connectivity index (χ0v) is 24.9. The molecule has 0 saturated carbocycles. The fourth-order valence-corrected chi connectivity index (χ4v) is 6.44. The minimum Gasteiger partial charge on any atom is -0.352 e. The first kappa shape index (κ1) is 27.6. The number of benzene rings is 2. The lowest BCUT2D eigenvalue weighted by atomic mass is 9.96. The Balaban J connectivity index is 1.51. The standard InChI is InChI=1S/C33H37N5OS/c1-20-10-9-11-26(18-20)35-29(39)13-15-37-32(30(36-33(37)40)28-12-7-8-14-34-28)27-19-24(5)38(25(27)6)31-22(3)16-21(2)17-23(31)4/h7-12,14,16-19,30,32H,13,15H2,1-6H3,(H,35,39)(H,36,40)/t30-,32+/m0/s1. The summed E-state index contributed by atoms with van der Waals surface area (Å²) in [6.45, 7) is 13.3. The van der Waals surface area contributed by atoms with Gasteiger partial charge in [-0.05, 0) is 106 Å². The van der Waals surface area contributed by atoms with Crippen molar-refractivity contribution >= 4 is 28.9 Å². The van der Waals surface area contributed by atoms with Gasteiger partial charge in [-0.15, -0.1) is 0 Å². The molecule has 5 rings (SSSR count). The molecule has 7 heteroatoms. The molecule has 0 radical (unpaired) electrons. The van der Waals surface area contributed by atoms with Crippen molar-refractivity contribution in [3.8, 4) is 5.69 Å². The number of pyridine rings is 1. The van der Waals surface area contributed by atoms with Gasteiger partial charge in [0.15, 0.2) is 5.11 Å². The summed E-state index contributed by atoms with van der Waals surface area (Å²) in [6, 6.07) is 20.3. The predicted molar refractivity (Wildman–Crippen MR) is 166 cm³/mol. The van der Waals surface area contributed by atoms with Crippen LogP contribution in [0.4, 0.5) is 5.69 Å². The van der Waals surface area contributed by atoms with E-state index in [2.05, 4.69) is 77.9 Å². The van der Waals surface area contributed by atoms with Crippen LogP contribution in [-0.4, -0.2) is 32.0 Å². The molecule has 0 spiro atoms. The van der Waals surface area contributed by atoms with Gasteiger partial charge >= 0.3 is 0 Å². The molecule has 2 N–H and O–H groups in total. The first-order valence-corrected chi connectivity index (χ1v) is 14.2. The molecule has 2 atom stereocenters. The Hall–Kier alpha value is -3.97. The average Bonchev–Trinajstić information content (AvgIpc) is 3.38. The van der Waals surface area contributed by atoms with Gasteiger partial charge in [0.25, 0.3) is 0 Å². The molecular weight excluding hydrogens is 514 g/mol. The SMILES string of the molecule is Cc1cccc(NC(=O)CCN2C(=S)N[C@@H](c3ccccn3)[C@H]2c2cc(C)n(-c3c(C)cc(C)cc3C)c2C)c1. The van der Waals surface area contributed by atoms with Crippen LogP contribution in [0.5, 0.6) is 0 Å². The van der Waals surface area contributed by atoms with Crippen molar-refractivity contribution in [1.82, 2.24) is 19.8 Å². The Morgan fingerprint density at radius 3 is 2.38 bits per heavy atom. The Bertz CT molecular complexity index is 1550. The summed E-state index contributed by atoms with van der Waals surface area (Å²) in [6.07, 6.45) is 2.13. The minimum absolute atomic E-state index is 0.0372. The maximum atomic E-state index is 13.0. The van der Waals surface area contributed by atoms with Gasteiger partial charge in [0.2, 0.25) is 5.91 Å². The second kappa shape index (κ2) is 11.3. The van der Waals surface area contributed by atoms with Crippen LogP contribution in [0.15, 0.2) is 66.9 Å². The highest BCUT2D eigenvalue weighted by Gasteiger charge is 2.41. The number of carbonyl (C=O) groups is 1. The van der Waals surface area contributed by atoms with Gasteiger partial charge in [0.05, 0.1) is 23.5 Å². The van der Waals surface area contributed by atoms with E-state index in [1.165, 1.54) is 33.6 Å². The van der Waals surface area contributed by atoms with E-state index in [9.17, 15) is 4.79 Å². The van der Waals surface area contributed by atoms with Crippen molar-refractivity contribution in [2.24, 2.45) is 0 Å². The molecule has 1 aliphatic rings. The van der Waals surface area contributed by atoms with Gasteiger partial charge in [0, 0.05) is 36.2 Å². The third-order valence-electron chi connectivity index (χ3n) is 7.73. The van der Waals surface area contributed by atoms with E-state index in [1.54, 1.807) is 0 Å². The first-order chi connectivity index (χ1) is 19.1.